The van der Waals surface area contributed by atoms with Gasteiger partial charge in [-0.25, -0.2) is 0 Å². The molecule has 9 heteroatoms. The zero-order chi connectivity index (χ0) is 13.6. The number of aliphatic carboxylic acids is 4. The molecule has 0 aliphatic carbocycles. The van der Waals surface area contributed by atoms with E-state index in [4.69, 9.17) is 20.4 Å². The number of hydrogen-bond acceptors (Lipinski definition) is 4. The third kappa shape index (κ3) is 6.40. The number of rotatable bonds is 8. The van der Waals surface area contributed by atoms with Gasteiger partial charge in [-0.15, -0.1) is 0 Å². The Morgan fingerprint density at radius 3 is 0.882 bits per heavy atom. The van der Waals surface area contributed by atoms with Crippen LogP contribution in [0.2, 0.25) is 0 Å². The highest BCUT2D eigenvalue weighted by atomic mass is 32.3. The van der Waals surface area contributed by atoms with Gasteiger partial charge < -0.3 is 20.4 Å². The molecule has 0 saturated heterocycles. The summed E-state index contributed by atoms with van der Waals surface area (Å²) >= 11 is 0. The fourth-order valence-corrected chi connectivity index (χ4v) is 4.06. The van der Waals surface area contributed by atoms with Crippen molar-refractivity contribution >= 4 is 33.9 Å². The van der Waals surface area contributed by atoms with E-state index < -0.39 is 56.9 Å². The Morgan fingerprint density at radius 1 is 0.588 bits per heavy atom. The molecular formula is C8H12O8S. The molecule has 0 aliphatic rings. The van der Waals surface area contributed by atoms with Crippen molar-refractivity contribution in [1.29, 1.82) is 0 Å². The van der Waals surface area contributed by atoms with E-state index in [0.29, 0.717) is 0 Å². The molecule has 0 radical (unpaired) electrons. The fourth-order valence-electron chi connectivity index (χ4n) is 1.35. The summed E-state index contributed by atoms with van der Waals surface area (Å²) in [4.78, 5) is 42.4. The summed E-state index contributed by atoms with van der Waals surface area (Å²) < 4.78 is 0. The second-order valence-corrected chi connectivity index (χ2v) is 6.98. The van der Waals surface area contributed by atoms with Crippen molar-refractivity contribution in [2.24, 2.45) is 0 Å². The van der Waals surface area contributed by atoms with Gasteiger partial charge in [0.15, 0.2) is 0 Å². The second kappa shape index (κ2) is 6.09. The zero-order valence-electron chi connectivity index (χ0n) is 8.66. The van der Waals surface area contributed by atoms with Crippen LogP contribution in [0.3, 0.4) is 0 Å². The normalized spacial score (nSPS) is 11.8. The Morgan fingerprint density at radius 2 is 0.765 bits per heavy atom. The van der Waals surface area contributed by atoms with Crippen molar-refractivity contribution in [2.45, 2.75) is 0 Å². The predicted molar refractivity (Wildman–Crippen MR) is 57.6 cm³/mol. The van der Waals surface area contributed by atoms with Crippen LogP contribution in [0.5, 0.6) is 0 Å². The summed E-state index contributed by atoms with van der Waals surface area (Å²) in [5.74, 6) is -8.55. The van der Waals surface area contributed by atoms with Crippen molar-refractivity contribution in [2.75, 3.05) is 23.0 Å². The Hall–Kier alpha value is -1.77. The number of hydrogen-bond donors (Lipinski definition) is 4. The van der Waals surface area contributed by atoms with Crippen molar-refractivity contribution in [3.05, 3.63) is 0 Å². The molecule has 0 aromatic heterocycles. The Bertz CT molecular complexity index is 280. The summed E-state index contributed by atoms with van der Waals surface area (Å²) in [6.45, 7) is 0. The molecule has 0 unspecified atom stereocenters. The average Bonchev–Trinajstić information content (AvgIpc) is 1.95. The van der Waals surface area contributed by atoms with E-state index in [1.54, 1.807) is 0 Å². The van der Waals surface area contributed by atoms with Crippen LogP contribution in [-0.2, 0) is 19.2 Å². The monoisotopic (exact) mass is 268 g/mol. The van der Waals surface area contributed by atoms with Gasteiger partial charge >= 0.3 is 23.9 Å². The lowest BCUT2D eigenvalue weighted by Gasteiger charge is -2.33. The molecule has 0 heterocycles. The predicted octanol–water partition coefficient (Wildman–Crippen LogP) is -0.871. The van der Waals surface area contributed by atoms with Gasteiger partial charge in [0.25, 0.3) is 0 Å². The maximum absolute atomic E-state index is 10.6. The van der Waals surface area contributed by atoms with E-state index in [-0.39, 0.29) is 0 Å². The highest BCUT2D eigenvalue weighted by Gasteiger charge is 2.34. The van der Waals surface area contributed by atoms with Crippen molar-refractivity contribution in [3.63, 3.8) is 0 Å². The van der Waals surface area contributed by atoms with E-state index in [1.165, 1.54) is 0 Å². The van der Waals surface area contributed by atoms with Gasteiger partial charge in [0.05, 0.1) is 23.0 Å². The molecule has 0 aromatic rings. The van der Waals surface area contributed by atoms with Gasteiger partial charge in [0, 0.05) is 0 Å². The molecule has 0 aromatic carbocycles. The Balaban J connectivity index is 5.16. The molecular weight excluding hydrogens is 256 g/mol. The van der Waals surface area contributed by atoms with E-state index in [9.17, 15) is 19.2 Å². The summed E-state index contributed by atoms with van der Waals surface area (Å²) in [5.41, 5.74) is 0. The molecule has 0 saturated carbocycles. The van der Waals surface area contributed by atoms with Gasteiger partial charge in [0.2, 0.25) is 0 Å². The molecule has 4 N–H and O–H groups in total. The molecule has 8 nitrogen and oxygen atoms in total. The molecule has 0 atom stereocenters. The summed E-state index contributed by atoms with van der Waals surface area (Å²) in [7, 11) is -2.79. The molecule has 0 aliphatic heterocycles. The van der Waals surface area contributed by atoms with Gasteiger partial charge in [-0.1, -0.05) is 0 Å². The lowest BCUT2D eigenvalue weighted by atomic mass is 10.8. The minimum absolute atomic E-state index is 0.738. The summed E-state index contributed by atoms with van der Waals surface area (Å²) in [5, 5.41) is 34.5. The van der Waals surface area contributed by atoms with Crippen LogP contribution < -0.4 is 0 Å². The van der Waals surface area contributed by atoms with Gasteiger partial charge in [-0.2, -0.15) is 10.0 Å². The van der Waals surface area contributed by atoms with E-state index in [1.807, 2.05) is 0 Å². The van der Waals surface area contributed by atoms with Crippen LogP contribution in [0.4, 0.5) is 0 Å². The largest absolute Gasteiger partial charge is 0.481 e. The number of carboxylic acids is 4. The Kier molecular flexibility index (Phi) is 5.45. The molecule has 98 valence electrons. The molecule has 0 fully saturated rings. The van der Waals surface area contributed by atoms with Crippen LogP contribution in [0, 0.1) is 0 Å². The highest BCUT2D eigenvalue weighted by Crippen LogP contribution is 2.47. The van der Waals surface area contributed by atoms with Gasteiger partial charge in [-0.3, -0.25) is 19.2 Å². The first kappa shape index (κ1) is 15.2. The van der Waals surface area contributed by atoms with Crippen molar-refractivity contribution < 1.29 is 39.6 Å². The first-order valence-electron chi connectivity index (χ1n) is 4.28. The van der Waals surface area contributed by atoms with Crippen molar-refractivity contribution in [3.8, 4) is 0 Å². The molecule has 0 bridgehead atoms. The van der Waals surface area contributed by atoms with E-state index in [2.05, 4.69) is 0 Å². The topological polar surface area (TPSA) is 149 Å². The quantitative estimate of drug-likeness (QED) is 0.443. The fraction of sp³-hybridized carbons (Fsp3) is 0.500. The first-order chi connectivity index (χ1) is 7.67. The lowest BCUT2D eigenvalue weighted by Crippen LogP contribution is -2.31. The summed E-state index contributed by atoms with van der Waals surface area (Å²) in [6.07, 6.45) is 0. The third-order valence-electron chi connectivity index (χ3n) is 1.72. The molecule has 17 heavy (non-hydrogen) atoms. The van der Waals surface area contributed by atoms with Crippen LogP contribution in [0.25, 0.3) is 0 Å². The van der Waals surface area contributed by atoms with E-state index >= 15 is 0 Å². The second-order valence-electron chi connectivity index (χ2n) is 3.38. The lowest BCUT2D eigenvalue weighted by molar-refractivity contribution is -0.134. The highest BCUT2D eigenvalue weighted by molar-refractivity contribution is 8.35. The number of carboxylic acid groups (broad SMARTS) is 4. The van der Waals surface area contributed by atoms with Crippen LogP contribution in [-0.4, -0.2) is 67.3 Å². The SMILES string of the molecule is O=C(O)CS(CC(=O)O)(CC(=O)O)CC(=O)O. The number of carbonyl (C=O) groups is 4. The van der Waals surface area contributed by atoms with Crippen LogP contribution in [0.15, 0.2) is 0 Å². The molecule has 0 rings (SSSR count). The van der Waals surface area contributed by atoms with Gasteiger partial charge in [0.1, 0.15) is 0 Å². The minimum Gasteiger partial charge on any atom is -0.481 e. The maximum atomic E-state index is 10.6. The molecule has 0 spiro atoms. The Labute approximate surface area is 97.2 Å². The van der Waals surface area contributed by atoms with Crippen molar-refractivity contribution in [1.82, 2.24) is 0 Å². The smallest absolute Gasteiger partial charge is 0.311 e. The molecule has 0 amide bonds. The minimum atomic E-state index is -2.79. The van der Waals surface area contributed by atoms with Crippen LogP contribution in [0.1, 0.15) is 0 Å². The third-order valence-corrected chi connectivity index (χ3v) is 5.16. The summed E-state index contributed by atoms with van der Waals surface area (Å²) in [6, 6.07) is 0. The van der Waals surface area contributed by atoms with Gasteiger partial charge in [-0.05, 0) is 0 Å². The first-order valence-corrected chi connectivity index (χ1v) is 6.59. The average molecular weight is 268 g/mol. The zero-order valence-corrected chi connectivity index (χ0v) is 9.48. The standard InChI is InChI=1S/C8H12O8S/c9-5(10)1-17(2-6(11)12,3-7(13)14)4-8(15)16/h1-4H2,(H,9,10)(H,11,12)(H,13,14)(H,15,16). The van der Waals surface area contributed by atoms with E-state index in [0.717, 1.165) is 0 Å². The van der Waals surface area contributed by atoms with Crippen LogP contribution >= 0.6 is 10.0 Å². The maximum Gasteiger partial charge on any atom is 0.311 e.